The third-order valence-corrected chi connectivity index (χ3v) is 5.07. The quantitative estimate of drug-likeness (QED) is 0.232. The molecule has 4 aromatic rings. The lowest BCUT2D eigenvalue weighted by Crippen LogP contribution is -2.26. The molecule has 2 aromatic heterocycles. The molecule has 0 atom stereocenters. The fraction of sp³-hybridized carbons (Fsp3) is 0. The number of Topliss-reactive ketones (excluding diaryl/α,β-unsaturated/α-hetero) is 2. The van der Waals surface area contributed by atoms with E-state index in [2.05, 4.69) is 31.9 Å². The van der Waals surface area contributed by atoms with Crippen LogP contribution in [0.5, 0.6) is 0 Å². The zero-order valence-electron chi connectivity index (χ0n) is 13.8. The Kier molecular flexibility index (Phi) is 4.60. The van der Waals surface area contributed by atoms with Gasteiger partial charge in [-0.25, -0.2) is 9.59 Å². The van der Waals surface area contributed by atoms with Gasteiger partial charge in [-0.1, -0.05) is 31.9 Å². The largest absolute Gasteiger partial charge is 0.422 e. The van der Waals surface area contributed by atoms with Crippen molar-refractivity contribution in [2.45, 2.75) is 0 Å². The molecule has 0 saturated carbocycles. The summed E-state index contributed by atoms with van der Waals surface area (Å²) in [5.41, 5.74) is -2.28. The van der Waals surface area contributed by atoms with Crippen LogP contribution in [-0.4, -0.2) is 11.6 Å². The van der Waals surface area contributed by atoms with E-state index >= 15 is 0 Å². The number of ketones is 2. The van der Waals surface area contributed by atoms with E-state index < -0.39 is 33.9 Å². The number of halogens is 2. The maximum atomic E-state index is 12.6. The molecule has 0 aliphatic heterocycles. The molecule has 0 saturated heterocycles. The van der Waals surface area contributed by atoms with Gasteiger partial charge in [-0.2, -0.15) is 0 Å². The standard InChI is InChI=1S/C20H8Br2O6/c21-11-1-3-15-9(5-11)7-13(19(25)27-15)17(23)18(24)14-8-10-6-12(22)2-4-16(10)28-20(14)26/h1-8H. The highest BCUT2D eigenvalue weighted by molar-refractivity contribution is 9.10. The Hall–Kier alpha value is -2.84. The molecule has 138 valence electrons. The molecule has 0 spiro atoms. The molecule has 8 heteroatoms. The van der Waals surface area contributed by atoms with Crippen LogP contribution in [0.2, 0.25) is 0 Å². The smallest absolute Gasteiger partial charge is 0.347 e. The molecular weight excluding hydrogens is 496 g/mol. The number of rotatable bonds is 3. The zero-order chi connectivity index (χ0) is 20.0. The second kappa shape index (κ2) is 6.96. The van der Waals surface area contributed by atoms with Gasteiger partial charge in [0.25, 0.3) is 0 Å². The Morgan fingerprint density at radius 1 is 0.643 bits per heavy atom. The summed E-state index contributed by atoms with van der Waals surface area (Å²) in [5, 5.41) is 0.916. The third-order valence-electron chi connectivity index (χ3n) is 4.08. The van der Waals surface area contributed by atoms with E-state index in [1.165, 1.54) is 12.1 Å². The van der Waals surface area contributed by atoms with E-state index in [1.807, 2.05) is 0 Å². The highest BCUT2D eigenvalue weighted by atomic mass is 79.9. The Bertz CT molecular complexity index is 1300. The normalized spacial score (nSPS) is 11.1. The average molecular weight is 504 g/mol. The number of fused-ring (bicyclic) bond motifs is 2. The van der Waals surface area contributed by atoms with Gasteiger partial charge < -0.3 is 8.83 Å². The Balaban J connectivity index is 1.83. The molecule has 0 aliphatic rings. The predicted octanol–water partition coefficient (Wildman–Crippen LogP) is 4.49. The molecule has 0 amide bonds. The van der Waals surface area contributed by atoms with Gasteiger partial charge in [0.1, 0.15) is 22.3 Å². The van der Waals surface area contributed by atoms with Crippen molar-refractivity contribution in [3.63, 3.8) is 0 Å². The first-order valence-electron chi connectivity index (χ1n) is 7.89. The molecule has 0 bridgehead atoms. The van der Waals surface area contributed by atoms with E-state index in [9.17, 15) is 19.2 Å². The number of hydrogen-bond acceptors (Lipinski definition) is 6. The number of carbonyl (C=O) groups excluding carboxylic acids is 2. The van der Waals surface area contributed by atoms with Crippen LogP contribution >= 0.6 is 31.9 Å². The van der Waals surface area contributed by atoms with Crippen molar-refractivity contribution >= 4 is 65.4 Å². The lowest BCUT2D eigenvalue weighted by atomic mass is 10.0. The van der Waals surface area contributed by atoms with Crippen molar-refractivity contribution in [3.8, 4) is 0 Å². The Morgan fingerprint density at radius 3 is 1.43 bits per heavy atom. The molecule has 0 fully saturated rings. The van der Waals surface area contributed by atoms with Crippen molar-refractivity contribution in [1.82, 2.24) is 0 Å². The van der Waals surface area contributed by atoms with Gasteiger partial charge >= 0.3 is 11.3 Å². The molecule has 2 heterocycles. The minimum atomic E-state index is -1.14. The summed E-state index contributed by atoms with van der Waals surface area (Å²) in [7, 11) is 0. The second-order valence-electron chi connectivity index (χ2n) is 5.92. The summed E-state index contributed by atoms with van der Waals surface area (Å²) in [6.45, 7) is 0. The van der Waals surface area contributed by atoms with Gasteiger partial charge in [-0.05, 0) is 48.5 Å². The van der Waals surface area contributed by atoms with Crippen molar-refractivity contribution in [2.75, 3.05) is 0 Å². The van der Waals surface area contributed by atoms with Crippen molar-refractivity contribution in [2.24, 2.45) is 0 Å². The highest BCUT2D eigenvalue weighted by Crippen LogP contribution is 2.21. The fourth-order valence-corrected chi connectivity index (χ4v) is 3.51. The van der Waals surface area contributed by atoms with Crippen LogP contribution in [0.4, 0.5) is 0 Å². The maximum absolute atomic E-state index is 12.6. The third kappa shape index (κ3) is 3.25. The van der Waals surface area contributed by atoms with Crippen LogP contribution in [0.25, 0.3) is 21.9 Å². The van der Waals surface area contributed by atoms with Crippen molar-refractivity contribution < 1.29 is 18.4 Å². The lowest BCUT2D eigenvalue weighted by Gasteiger charge is -2.03. The molecule has 0 unspecified atom stereocenters. The molecule has 0 aliphatic carbocycles. The minimum Gasteiger partial charge on any atom is -0.422 e. The molecule has 4 rings (SSSR count). The highest BCUT2D eigenvalue weighted by Gasteiger charge is 2.26. The maximum Gasteiger partial charge on any atom is 0.347 e. The zero-order valence-corrected chi connectivity index (χ0v) is 17.0. The molecular formula is C20H8Br2O6. The lowest BCUT2D eigenvalue weighted by molar-refractivity contribution is 0.0812. The van der Waals surface area contributed by atoms with Crippen LogP contribution in [0.3, 0.4) is 0 Å². The van der Waals surface area contributed by atoms with Gasteiger partial charge in [0, 0.05) is 19.7 Å². The van der Waals surface area contributed by atoms with Crippen molar-refractivity contribution in [1.29, 1.82) is 0 Å². The second-order valence-corrected chi connectivity index (χ2v) is 7.75. The molecule has 0 radical (unpaired) electrons. The molecule has 28 heavy (non-hydrogen) atoms. The van der Waals surface area contributed by atoms with E-state index in [1.54, 1.807) is 36.4 Å². The SMILES string of the molecule is O=C(C(=O)c1cc2cc(Br)ccc2oc1=O)c1cc2cc(Br)ccc2oc1=O. The Morgan fingerprint density at radius 2 is 1.04 bits per heavy atom. The van der Waals surface area contributed by atoms with E-state index in [0.717, 1.165) is 0 Å². The van der Waals surface area contributed by atoms with Crippen LogP contribution < -0.4 is 11.3 Å². The van der Waals surface area contributed by atoms with Crippen LogP contribution in [0, 0.1) is 0 Å². The summed E-state index contributed by atoms with van der Waals surface area (Å²) in [5.74, 6) is -2.28. The Labute approximate surface area is 173 Å². The summed E-state index contributed by atoms with van der Waals surface area (Å²) in [6, 6.07) is 12.3. The van der Waals surface area contributed by atoms with Crippen LogP contribution in [0.1, 0.15) is 20.7 Å². The number of benzene rings is 2. The topological polar surface area (TPSA) is 94.6 Å². The van der Waals surface area contributed by atoms with Gasteiger partial charge in [0.15, 0.2) is 0 Å². The fourth-order valence-electron chi connectivity index (χ4n) is 2.75. The van der Waals surface area contributed by atoms with Crippen LogP contribution in [-0.2, 0) is 0 Å². The minimum absolute atomic E-state index is 0.271. The summed E-state index contributed by atoms with van der Waals surface area (Å²) < 4.78 is 11.6. The number of hydrogen-bond donors (Lipinski definition) is 0. The van der Waals surface area contributed by atoms with Gasteiger partial charge in [0.2, 0.25) is 11.6 Å². The van der Waals surface area contributed by atoms with E-state index in [-0.39, 0.29) is 11.2 Å². The van der Waals surface area contributed by atoms with E-state index in [4.69, 9.17) is 8.83 Å². The first-order valence-corrected chi connectivity index (χ1v) is 9.48. The van der Waals surface area contributed by atoms with Gasteiger partial charge in [0.05, 0.1) is 0 Å². The predicted molar refractivity (Wildman–Crippen MR) is 109 cm³/mol. The molecule has 2 aromatic carbocycles. The van der Waals surface area contributed by atoms with Gasteiger partial charge in [-0.15, -0.1) is 0 Å². The summed E-state index contributed by atoms with van der Waals surface area (Å²) in [6.07, 6.45) is 0. The molecule has 0 N–H and O–H groups in total. The first kappa shape index (κ1) is 18.5. The first-order chi connectivity index (χ1) is 13.3. The monoisotopic (exact) mass is 502 g/mol. The van der Waals surface area contributed by atoms with Crippen LogP contribution in [0.15, 0.2) is 75.9 Å². The van der Waals surface area contributed by atoms with Gasteiger partial charge in [-0.3, -0.25) is 9.59 Å². The molecule has 6 nitrogen and oxygen atoms in total. The summed E-state index contributed by atoms with van der Waals surface area (Å²) in [4.78, 5) is 49.6. The van der Waals surface area contributed by atoms with E-state index in [0.29, 0.717) is 19.7 Å². The summed E-state index contributed by atoms with van der Waals surface area (Å²) >= 11 is 6.57. The average Bonchev–Trinajstić information content (AvgIpc) is 2.66. The van der Waals surface area contributed by atoms with Crippen molar-refractivity contribution in [3.05, 3.63) is 89.4 Å². The number of carbonyl (C=O) groups is 2.